The Hall–Kier alpha value is -0.970. The lowest BCUT2D eigenvalue weighted by Gasteiger charge is -2.29. The maximum Gasteiger partial charge on any atom is 0.191 e. The number of thioether (sulfide) groups is 1. The van der Waals surface area contributed by atoms with E-state index in [1.807, 2.05) is 12.3 Å². The highest BCUT2D eigenvalue weighted by atomic mass is 32.2. The third kappa shape index (κ3) is 4.07. The summed E-state index contributed by atoms with van der Waals surface area (Å²) < 4.78 is 0. The lowest BCUT2D eigenvalue weighted by molar-refractivity contribution is 0.564. The normalized spacial score (nSPS) is 11.2. The molecule has 0 bridgehead atoms. The lowest BCUT2D eigenvalue weighted by atomic mass is 10.2. The summed E-state index contributed by atoms with van der Waals surface area (Å²) >= 11 is 1.52. The van der Waals surface area contributed by atoms with Gasteiger partial charge in [-0.3, -0.25) is 0 Å². The largest absolute Gasteiger partial charge is 0.383 e. The van der Waals surface area contributed by atoms with E-state index in [1.54, 1.807) is 0 Å². The molecule has 0 amide bonds. The topological polar surface area (TPSA) is 55.0 Å². The molecule has 2 N–H and O–H groups in total. The van der Waals surface area contributed by atoms with Gasteiger partial charge in [0.1, 0.15) is 11.6 Å². The van der Waals surface area contributed by atoms with Crippen LogP contribution in [0.25, 0.3) is 0 Å². The van der Waals surface area contributed by atoms with Crippen molar-refractivity contribution in [1.82, 2.24) is 9.97 Å². The summed E-state index contributed by atoms with van der Waals surface area (Å²) in [5.74, 6) is 2.05. The van der Waals surface area contributed by atoms with E-state index in [-0.39, 0.29) is 0 Å². The second kappa shape index (κ2) is 6.10. The number of nitrogen functional groups attached to an aromatic ring is 1. The Balaban J connectivity index is 3.04. The fourth-order valence-corrected chi connectivity index (χ4v) is 2.01. The molecule has 1 rings (SSSR count). The van der Waals surface area contributed by atoms with Crippen LogP contribution in [-0.2, 0) is 0 Å². The van der Waals surface area contributed by atoms with Gasteiger partial charge in [0, 0.05) is 18.7 Å². The Morgan fingerprint density at radius 2 is 1.94 bits per heavy atom. The minimum absolute atomic E-state index is 0.404. The van der Waals surface area contributed by atoms with Crippen LogP contribution >= 0.6 is 11.8 Å². The molecule has 0 aliphatic carbocycles. The van der Waals surface area contributed by atoms with Gasteiger partial charge < -0.3 is 10.6 Å². The van der Waals surface area contributed by atoms with Crippen LogP contribution in [0, 0.1) is 5.92 Å². The highest BCUT2D eigenvalue weighted by Crippen LogP contribution is 2.21. The van der Waals surface area contributed by atoms with E-state index >= 15 is 0 Å². The van der Waals surface area contributed by atoms with Crippen LogP contribution in [0.2, 0.25) is 0 Å². The number of aromatic nitrogens is 2. The number of rotatable bonds is 5. The molecule has 17 heavy (non-hydrogen) atoms. The van der Waals surface area contributed by atoms with Gasteiger partial charge in [-0.25, -0.2) is 9.97 Å². The molecule has 96 valence electrons. The van der Waals surface area contributed by atoms with Crippen LogP contribution in [-0.4, -0.2) is 28.8 Å². The highest BCUT2D eigenvalue weighted by Gasteiger charge is 2.15. The average Bonchev–Trinajstić information content (AvgIpc) is 2.24. The molecule has 0 atom stereocenters. The summed E-state index contributed by atoms with van der Waals surface area (Å²) in [5, 5.41) is 0.731. The molecule has 5 heteroatoms. The van der Waals surface area contributed by atoms with Crippen LogP contribution in [0.4, 0.5) is 11.6 Å². The van der Waals surface area contributed by atoms with Crippen LogP contribution in [0.5, 0.6) is 0 Å². The van der Waals surface area contributed by atoms with Crippen LogP contribution < -0.4 is 10.6 Å². The van der Waals surface area contributed by atoms with Crippen molar-refractivity contribution in [3.05, 3.63) is 6.07 Å². The molecule has 0 saturated heterocycles. The van der Waals surface area contributed by atoms with Crippen molar-refractivity contribution >= 4 is 23.4 Å². The van der Waals surface area contributed by atoms with Crippen LogP contribution in [0.15, 0.2) is 11.2 Å². The molecule has 4 nitrogen and oxygen atoms in total. The lowest BCUT2D eigenvalue weighted by Crippen LogP contribution is -2.35. The molecular formula is C12H22N4S. The van der Waals surface area contributed by atoms with E-state index < -0.39 is 0 Å². The second-order valence-corrected chi connectivity index (χ2v) is 5.55. The van der Waals surface area contributed by atoms with Crippen molar-refractivity contribution in [2.24, 2.45) is 5.92 Å². The second-order valence-electron chi connectivity index (χ2n) is 4.78. The van der Waals surface area contributed by atoms with E-state index in [4.69, 9.17) is 5.73 Å². The van der Waals surface area contributed by atoms with Gasteiger partial charge in [-0.05, 0) is 26.0 Å². The highest BCUT2D eigenvalue weighted by molar-refractivity contribution is 7.98. The van der Waals surface area contributed by atoms with E-state index in [2.05, 4.69) is 42.6 Å². The van der Waals surface area contributed by atoms with Gasteiger partial charge in [-0.1, -0.05) is 25.6 Å². The quantitative estimate of drug-likeness (QED) is 0.646. The Morgan fingerprint density at radius 3 is 2.41 bits per heavy atom. The van der Waals surface area contributed by atoms with Gasteiger partial charge in [-0.15, -0.1) is 0 Å². The molecule has 0 aromatic carbocycles. The number of nitrogens with zero attached hydrogens (tertiary/aromatic N) is 3. The first-order valence-electron chi connectivity index (χ1n) is 5.89. The first-order chi connectivity index (χ1) is 7.93. The average molecular weight is 254 g/mol. The minimum Gasteiger partial charge on any atom is -0.383 e. The predicted octanol–water partition coefficient (Wildman–Crippen LogP) is 2.65. The minimum atomic E-state index is 0.404. The fourth-order valence-electron chi connectivity index (χ4n) is 1.63. The Labute approximate surface area is 108 Å². The van der Waals surface area contributed by atoms with Crippen molar-refractivity contribution in [3.63, 3.8) is 0 Å². The first kappa shape index (κ1) is 14.1. The molecular weight excluding hydrogens is 232 g/mol. The summed E-state index contributed by atoms with van der Waals surface area (Å²) in [6, 6.07) is 2.25. The summed E-state index contributed by atoms with van der Waals surface area (Å²) in [7, 11) is 0. The maximum atomic E-state index is 5.81. The van der Waals surface area contributed by atoms with Gasteiger partial charge in [0.25, 0.3) is 0 Å². The third-order valence-electron chi connectivity index (χ3n) is 2.37. The first-order valence-corrected chi connectivity index (χ1v) is 7.11. The number of hydrogen-bond donors (Lipinski definition) is 1. The van der Waals surface area contributed by atoms with Crippen molar-refractivity contribution < 1.29 is 0 Å². The van der Waals surface area contributed by atoms with E-state index in [9.17, 15) is 0 Å². The van der Waals surface area contributed by atoms with Crippen LogP contribution in [0.1, 0.15) is 27.7 Å². The van der Waals surface area contributed by atoms with E-state index in [0.717, 1.165) is 17.5 Å². The third-order valence-corrected chi connectivity index (χ3v) is 2.92. The van der Waals surface area contributed by atoms with E-state index in [1.165, 1.54) is 11.8 Å². The Bertz CT molecular complexity index is 366. The zero-order valence-corrected chi connectivity index (χ0v) is 12.1. The molecule has 0 aliphatic rings. The zero-order chi connectivity index (χ0) is 13.0. The van der Waals surface area contributed by atoms with Gasteiger partial charge in [0.15, 0.2) is 5.16 Å². The zero-order valence-electron chi connectivity index (χ0n) is 11.3. The summed E-state index contributed by atoms with van der Waals surface area (Å²) in [4.78, 5) is 11.0. The van der Waals surface area contributed by atoms with Gasteiger partial charge >= 0.3 is 0 Å². The number of hydrogen-bond acceptors (Lipinski definition) is 5. The summed E-state index contributed by atoms with van der Waals surface area (Å²) in [6.07, 6.45) is 1.96. The van der Waals surface area contributed by atoms with Crippen molar-refractivity contribution in [2.45, 2.75) is 38.9 Å². The van der Waals surface area contributed by atoms with Gasteiger partial charge in [0.05, 0.1) is 0 Å². The monoisotopic (exact) mass is 254 g/mol. The molecule has 0 saturated carbocycles. The molecule has 1 heterocycles. The summed E-state index contributed by atoms with van der Waals surface area (Å²) in [6.45, 7) is 9.71. The van der Waals surface area contributed by atoms with Gasteiger partial charge in [0.2, 0.25) is 0 Å². The fraction of sp³-hybridized carbons (Fsp3) is 0.667. The van der Waals surface area contributed by atoms with Crippen molar-refractivity contribution in [1.29, 1.82) is 0 Å². The molecule has 1 aromatic rings. The van der Waals surface area contributed by atoms with Crippen molar-refractivity contribution in [2.75, 3.05) is 23.4 Å². The number of nitrogens with two attached hydrogens (primary N) is 1. The van der Waals surface area contributed by atoms with E-state index in [0.29, 0.717) is 17.8 Å². The summed E-state index contributed by atoms with van der Waals surface area (Å²) in [5.41, 5.74) is 5.81. The molecule has 0 unspecified atom stereocenters. The molecule has 0 fully saturated rings. The van der Waals surface area contributed by atoms with Crippen molar-refractivity contribution in [3.8, 4) is 0 Å². The Kier molecular flexibility index (Phi) is 5.05. The molecule has 0 spiro atoms. The maximum absolute atomic E-state index is 5.81. The Morgan fingerprint density at radius 1 is 1.29 bits per heavy atom. The van der Waals surface area contributed by atoms with Gasteiger partial charge in [-0.2, -0.15) is 0 Å². The predicted molar refractivity (Wildman–Crippen MR) is 75.5 cm³/mol. The molecule has 0 aliphatic heterocycles. The molecule has 0 radical (unpaired) electrons. The molecule has 1 aromatic heterocycles. The smallest absolute Gasteiger partial charge is 0.191 e. The standard InChI is InChI=1S/C12H22N4S/c1-8(2)7-16(9(3)4)11-6-10(13)14-12(15-11)17-5/h6,8-9H,7H2,1-5H3,(H2,13,14,15). The SMILES string of the molecule is CSc1nc(N)cc(N(CC(C)C)C(C)C)n1. The van der Waals surface area contributed by atoms with Crippen LogP contribution in [0.3, 0.4) is 0 Å². The number of anilines is 2.